The maximum Gasteiger partial charge on any atom is 0.351 e. The Bertz CT molecular complexity index is 2130. The summed E-state index contributed by atoms with van der Waals surface area (Å²) in [5, 5.41) is 51.4. The monoisotopic (exact) mass is 691 g/mol. The van der Waals surface area contributed by atoms with E-state index in [4.69, 9.17) is 18.0 Å². The van der Waals surface area contributed by atoms with E-state index in [1.165, 1.54) is 17.1 Å². The van der Waals surface area contributed by atoms with Crippen LogP contribution in [0.25, 0.3) is 16.7 Å². The van der Waals surface area contributed by atoms with Gasteiger partial charge in [0.2, 0.25) is 5.95 Å². The molecule has 22 heteroatoms. The molecule has 2 saturated heterocycles. The van der Waals surface area contributed by atoms with Gasteiger partial charge in [-0.2, -0.15) is 45.0 Å². The van der Waals surface area contributed by atoms with Gasteiger partial charge in [0.15, 0.2) is 34.6 Å². The first kappa shape index (κ1) is 32.9. The summed E-state index contributed by atoms with van der Waals surface area (Å²) in [4.78, 5) is 27.3. The van der Waals surface area contributed by atoms with E-state index >= 15 is 0 Å². The number of anilines is 2. The summed E-state index contributed by atoms with van der Waals surface area (Å²) in [6.07, 6.45) is 8.45. The van der Waals surface area contributed by atoms with E-state index in [-0.39, 0.29) is 70.1 Å². The number of aryl methyl sites for hydroxylation is 2. The average Bonchev–Trinajstić information content (AvgIpc) is 3.90. The highest BCUT2D eigenvalue weighted by atomic mass is 16.1. The quantitative estimate of drug-likeness (QED) is 0.115. The Morgan fingerprint density at radius 3 is 2.06 bits per heavy atom. The van der Waals surface area contributed by atoms with Gasteiger partial charge in [-0.1, -0.05) is 0 Å². The Hall–Kier alpha value is -6.65. The van der Waals surface area contributed by atoms with Gasteiger partial charge < -0.3 is 11.5 Å². The van der Waals surface area contributed by atoms with Gasteiger partial charge >= 0.3 is 5.69 Å². The third-order valence-corrected chi connectivity index (χ3v) is 8.55. The fourth-order valence-electron chi connectivity index (χ4n) is 5.98. The second kappa shape index (κ2) is 13.7. The van der Waals surface area contributed by atoms with Crippen molar-refractivity contribution >= 4 is 40.3 Å². The number of hydrogen-bond donors (Lipinski definition) is 5. The van der Waals surface area contributed by atoms with Gasteiger partial charge in [-0.15, -0.1) is 20.5 Å². The normalized spacial score (nSPS) is 18.0. The number of hydrogen-bond acceptors (Lipinski definition) is 16. The highest BCUT2D eigenvalue weighted by molar-refractivity contribution is 5.65. The number of nitrogens with zero attached hydrogens (tertiary/aromatic N) is 16. The van der Waals surface area contributed by atoms with E-state index in [0.717, 1.165) is 56.3 Å². The van der Waals surface area contributed by atoms with E-state index in [0.29, 0.717) is 11.4 Å². The highest BCUT2D eigenvalue weighted by Crippen LogP contribution is 2.36. The van der Waals surface area contributed by atoms with Crippen molar-refractivity contribution in [3.8, 4) is 18.0 Å². The molecule has 0 spiro atoms. The smallest absolute Gasteiger partial charge is 0.351 e. The van der Waals surface area contributed by atoms with Crippen LogP contribution in [0.15, 0.2) is 37.6 Å². The van der Waals surface area contributed by atoms with Crippen LogP contribution in [0, 0.1) is 31.8 Å². The summed E-state index contributed by atoms with van der Waals surface area (Å²) in [6, 6.07) is 2.10. The lowest BCUT2D eigenvalue weighted by molar-refractivity contribution is 0.300. The summed E-state index contributed by atoms with van der Waals surface area (Å²) in [6.45, 7) is 12.5. The van der Waals surface area contributed by atoms with Gasteiger partial charge in [-0.3, -0.25) is 15.6 Å². The molecule has 7 rings (SSSR count). The summed E-state index contributed by atoms with van der Waals surface area (Å²) >= 11 is 0. The number of H-pyrrole nitrogens is 1. The average molecular weight is 692 g/mol. The molecule has 2 aliphatic heterocycles. The van der Waals surface area contributed by atoms with E-state index < -0.39 is 5.69 Å². The third kappa shape index (κ3) is 6.20. The van der Waals surface area contributed by atoms with Crippen molar-refractivity contribution in [3.63, 3.8) is 0 Å². The minimum Gasteiger partial charge on any atom is -0.382 e. The van der Waals surface area contributed by atoms with E-state index in [1.54, 1.807) is 23.2 Å². The molecular weight excluding hydrogens is 658 g/mol. The fourth-order valence-corrected chi connectivity index (χ4v) is 5.98. The van der Waals surface area contributed by atoms with Gasteiger partial charge in [-0.25, -0.2) is 19.0 Å². The molecular formula is C29H33N21O. The van der Waals surface area contributed by atoms with E-state index in [2.05, 4.69) is 77.4 Å². The summed E-state index contributed by atoms with van der Waals surface area (Å²) in [7, 11) is 0. The van der Waals surface area contributed by atoms with Crippen molar-refractivity contribution < 1.29 is 0 Å². The summed E-state index contributed by atoms with van der Waals surface area (Å²) in [5.41, 5.74) is 13.7. The second-order valence-electron chi connectivity index (χ2n) is 11.9. The Morgan fingerprint density at radius 1 is 0.863 bits per heavy atom. The zero-order chi connectivity index (χ0) is 35.6. The van der Waals surface area contributed by atoms with Crippen LogP contribution in [-0.4, -0.2) is 67.2 Å². The first-order valence-electron chi connectivity index (χ1n) is 16.2. The van der Waals surface area contributed by atoms with Crippen LogP contribution < -0.4 is 27.8 Å². The van der Waals surface area contributed by atoms with Gasteiger partial charge in [0, 0.05) is 0 Å². The molecule has 7 heterocycles. The lowest BCUT2D eigenvalue weighted by Crippen LogP contribution is -2.31. The Morgan fingerprint density at radius 2 is 1.45 bits per heavy atom. The first-order chi connectivity index (χ1) is 24.8. The number of rotatable bonds is 8. The number of nitriles is 1. The van der Waals surface area contributed by atoms with Crippen LogP contribution in [-0.2, 0) is 0 Å². The van der Waals surface area contributed by atoms with Crippen LogP contribution in [0.2, 0.25) is 0 Å². The van der Waals surface area contributed by atoms with Crippen molar-refractivity contribution in [2.24, 2.45) is 20.5 Å². The molecule has 0 aliphatic carbocycles. The molecule has 0 bridgehead atoms. The zero-order valence-electron chi connectivity index (χ0n) is 27.7. The van der Waals surface area contributed by atoms with Crippen molar-refractivity contribution in [1.82, 2.24) is 64.7 Å². The number of nitrogens with two attached hydrogens (primary N) is 2. The third-order valence-electron chi connectivity index (χ3n) is 8.55. The molecule has 5 aromatic rings. The summed E-state index contributed by atoms with van der Waals surface area (Å²) < 4.78 is 5.62. The highest BCUT2D eigenvalue weighted by Gasteiger charge is 2.24. The van der Waals surface area contributed by atoms with Crippen molar-refractivity contribution in [2.45, 2.75) is 64.7 Å². The molecule has 0 aromatic carbocycles. The molecule has 2 fully saturated rings. The molecule has 0 saturated carbocycles. The number of piperidine rings is 2. The second-order valence-corrected chi connectivity index (χ2v) is 11.9. The number of aromatic nitrogens is 11. The largest absolute Gasteiger partial charge is 0.382 e. The van der Waals surface area contributed by atoms with Gasteiger partial charge in [0.25, 0.3) is 11.6 Å². The first-order valence-corrected chi connectivity index (χ1v) is 16.2. The molecule has 2 aliphatic rings. The maximum atomic E-state index is 12.8. The minimum absolute atomic E-state index is 0.00745. The van der Waals surface area contributed by atoms with Crippen molar-refractivity contribution in [1.29, 1.82) is 5.26 Å². The van der Waals surface area contributed by atoms with Crippen LogP contribution >= 0.6 is 0 Å². The maximum absolute atomic E-state index is 12.8. The number of azo groups is 2. The van der Waals surface area contributed by atoms with Crippen LogP contribution in [0.1, 0.15) is 67.8 Å². The van der Waals surface area contributed by atoms with E-state index in [1.807, 2.05) is 0 Å². The lowest BCUT2D eigenvalue weighted by Gasteiger charge is -2.24. The SMILES string of the molecule is [C-]#[N+]c1cnn(C2CCCCN2)c1N=Nc1c(C)nn(-c2nc(-n3nc(C)c(N=Nc4c(C#N)cnn4C4CCCCN4)c3N)nc(=O)[nH]2)c1N. The standard InChI is InChI=1S/C29H33N21O/c1-15-21(41-43-25-17(12-30)13-36-47(25)19-8-4-6-10-34-19)23(31)49(45-15)27-38-28(40-29(51)39-27)50-24(32)22(16(2)46-50)42-44-26-18(33-3)14-37-48(26)20-9-5-7-11-35-20/h13-14,19-20,34-35H,4-11,31-32H2,1-2H3,(H,38,39,40,51). The predicted molar refractivity (Wildman–Crippen MR) is 181 cm³/mol. The molecule has 5 aromatic heterocycles. The van der Waals surface area contributed by atoms with Crippen LogP contribution in [0.5, 0.6) is 0 Å². The van der Waals surface area contributed by atoms with Crippen molar-refractivity contribution in [2.75, 3.05) is 24.6 Å². The molecule has 0 amide bonds. The molecule has 2 unspecified atom stereocenters. The number of aromatic amines is 1. The number of nitrogens with one attached hydrogen (secondary N) is 3. The zero-order valence-corrected chi connectivity index (χ0v) is 27.7. The predicted octanol–water partition coefficient (Wildman–Crippen LogP) is 3.51. The Balaban J connectivity index is 1.20. The number of nitrogen functional groups attached to an aromatic ring is 2. The van der Waals surface area contributed by atoms with Crippen LogP contribution in [0.3, 0.4) is 0 Å². The Labute approximate surface area is 289 Å². The summed E-state index contributed by atoms with van der Waals surface area (Å²) in [5.74, 6) is 0.280. The van der Waals surface area contributed by atoms with Gasteiger partial charge in [-0.05, 0) is 65.5 Å². The molecule has 2 atom stereocenters. The Kier molecular flexibility index (Phi) is 8.83. The van der Waals surface area contributed by atoms with Crippen LogP contribution in [0.4, 0.5) is 40.3 Å². The fraction of sp³-hybridized carbons (Fsp3) is 0.414. The molecule has 0 radical (unpaired) electrons. The van der Waals surface area contributed by atoms with Gasteiger partial charge in [0.1, 0.15) is 24.0 Å². The minimum atomic E-state index is -0.783. The topological polar surface area (TPSA) is 284 Å². The van der Waals surface area contributed by atoms with Crippen molar-refractivity contribution in [3.05, 3.63) is 51.2 Å². The van der Waals surface area contributed by atoms with Gasteiger partial charge in [0.05, 0.1) is 30.4 Å². The molecule has 51 heavy (non-hydrogen) atoms. The molecule has 7 N–H and O–H groups in total. The van der Waals surface area contributed by atoms with E-state index in [9.17, 15) is 10.1 Å². The lowest BCUT2D eigenvalue weighted by atomic mass is 10.1. The molecule has 260 valence electrons. The molecule has 22 nitrogen and oxygen atoms in total.